The van der Waals surface area contributed by atoms with Crippen molar-refractivity contribution in [3.63, 3.8) is 0 Å². The van der Waals surface area contributed by atoms with Gasteiger partial charge in [-0.05, 0) is 63.9 Å². The number of carbonyl (C=O) groups excluding carboxylic acids is 1. The lowest BCUT2D eigenvalue weighted by Crippen LogP contribution is -2.29. The van der Waals surface area contributed by atoms with Crippen molar-refractivity contribution in [2.24, 2.45) is 0 Å². The second-order valence-corrected chi connectivity index (χ2v) is 8.98. The van der Waals surface area contributed by atoms with Crippen molar-refractivity contribution >= 4 is 26.7 Å². The molecule has 0 saturated heterocycles. The Balaban J connectivity index is 1.82. The minimum Gasteiger partial charge on any atom is -0.508 e. The number of aromatic hydroxyl groups is 2. The van der Waals surface area contributed by atoms with E-state index >= 15 is 0 Å². The van der Waals surface area contributed by atoms with Crippen molar-refractivity contribution in [3.8, 4) is 33.8 Å². The lowest BCUT2D eigenvalue weighted by molar-refractivity contribution is 0.0981. The van der Waals surface area contributed by atoms with Crippen molar-refractivity contribution in [2.45, 2.75) is 0 Å². The van der Waals surface area contributed by atoms with Crippen LogP contribution in [-0.4, -0.2) is 30.8 Å². The second kappa shape index (κ2) is 7.77. The Bertz CT molecular complexity index is 1430. The molecular formula is C24H19NO5S. The van der Waals surface area contributed by atoms with Crippen molar-refractivity contribution in [1.29, 1.82) is 0 Å². The first kappa shape index (κ1) is 20.4. The summed E-state index contributed by atoms with van der Waals surface area (Å²) in [5.41, 5.74) is 3.04. The van der Waals surface area contributed by atoms with E-state index in [1.165, 1.54) is 12.1 Å². The van der Waals surface area contributed by atoms with E-state index in [4.69, 9.17) is 0 Å². The molecule has 0 saturated carbocycles. The Morgan fingerprint density at radius 2 is 1.52 bits per heavy atom. The van der Waals surface area contributed by atoms with Crippen molar-refractivity contribution < 1.29 is 23.4 Å². The summed E-state index contributed by atoms with van der Waals surface area (Å²) in [5.74, 6) is -0.526. The quantitative estimate of drug-likeness (QED) is 0.446. The molecule has 0 aliphatic heterocycles. The minimum atomic E-state index is -3.69. The zero-order chi connectivity index (χ0) is 22.2. The van der Waals surface area contributed by atoms with Crippen molar-refractivity contribution in [3.05, 3.63) is 84.4 Å². The fourth-order valence-corrected chi connectivity index (χ4v) is 3.98. The van der Waals surface area contributed by atoms with Crippen LogP contribution >= 0.6 is 0 Å². The normalized spacial score (nSPS) is 11.4. The predicted octanol–water partition coefficient (Wildman–Crippen LogP) is 4.27. The van der Waals surface area contributed by atoms with Gasteiger partial charge in [0.25, 0.3) is 5.91 Å². The molecule has 7 heteroatoms. The lowest BCUT2D eigenvalue weighted by atomic mass is 9.93. The summed E-state index contributed by atoms with van der Waals surface area (Å²) in [4.78, 5) is 12.2. The van der Waals surface area contributed by atoms with Crippen LogP contribution in [0.2, 0.25) is 0 Å². The highest BCUT2D eigenvalue weighted by Gasteiger charge is 2.15. The van der Waals surface area contributed by atoms with Crippen molar-refractivity contribution in [1.82, 2.24) is 4.72 Å². The van der Waals surface area contributed by atoms with Crippen molar-refractivity contribution in [2.75, 3.05) is 6.26 Å². The van der Waals surface area contributed by atoms with Gasteiger partial charge in [0.2, 0.25) is 10.0 Å². The van der Waals surface area contributed by atoms with E-state index in [2.05, 4.69) is 0 Å². The molecule has 0 aromatic heterocycles. The molecule has 4 rings (SSSR count). The molecule has 0 fully saturated rings. The van der Waals surface area contributed by atoms with Crippen LogP contribution in [0.3, 0.4) is 0 Å². The van der Waals surface area contributed by atoms with E-state index in [-0.39, 0.29) is 17.1 Å². The molecule has 4 aromatic rings. The average Bonchev–Trinajstić information content (AvgIpc) is 2.72. The van der Waals surface area contributed by atoms with Crippen LogP contribution in [0.25, 0.3) is 33.0 Å². The van der Waals surface area contributed by atoms with E-state index in [1.54, 1.807) is 42.5 Å². The largest absolute Gasteiger partial charge is 0.508 e. The molecule has 0 bridgehead atoms. The van der Waals surface area contributed by atoms with Gasteiger partial charge in [-0.3, -0.25) is 4.79 Å². The van der Waals surface area contributed by atoms with Gasteiger partial charge in [0.05, 0.1) is 6.26 Å². The number of benzene rings is 4. The maximum Gasteiger partial charge on any atom is 0.264 e. The van der Waals surface area contributed by atoms with Gasteiger partial charge < -0.3 is 10.2 Å². The Kier molecular flexibility index (Phi) is 5.12. The Hall–Kier alpha value is -3.84. The van der Waals surface area contributed by atoms with Crippen LogP contribution in [-0.2, 0) is 10.0 Å². The molecule has 4 aromatic carbocycles. The van der Waals surface area contributed by atoms with Gasteiger partial charge in [0, 0.05) is 11.1 Å². The number of fused-ring (bicyclic) bond motifs is 1. The summed E-state index contributed by atoms with van der Waals surface area (Å²) < 4.78 is 24.7. The zero-order valence-electron chi connectivity index (χ0n) is 16.5. The van der Waals surface area contributed by atoms with Gasteiger partial charge >= 0.3 is 0 Å². The van der Waals surface area contributed by atoms with Crippen LogP contribution in [0.1, 0.15) is 10.4 Å². The van der Waals surface area contributed by atoms with E-state index in [9.17, 15) is 23.4 Å². The molecule has 0 aliphatic rings. The highest BCUT2D eigenvalue weighted by atomic mass is 32.2. The summed E-state index contributed by atoms with van der Waals surface area (Å²) in [7, 11) is -3.69. The zero-order valence-corrected chi connectivity index (χ0v) is 17.3. The van der Waals surface area contributed by atoms with E-state index in [1.807, 2.05) is 29.0 Å². The fourth-order valence-electron chi connectivity index (χ4n) is 3.53. The molecule has 0 spiro atoms. The predicted molar refractivity (Wildman–Crippen MR) is 120 cm³/mol. The first-order chi connectivity index (χ1) is 14.7. The standard InChI is InChI=1S/C24H19NO5S/c1-31(29,30)25-24(28)19-6-2-5-18(13-19)23-21-10-8-16(12-17(21)9-11-22(23)27)15-4-3-7-20(26)14-15/h2-14,26-27H,1H3,(H,25,28). The molecule has 3 N–H and O–H groups in total. The highest BCUT2D eigenvalue weighted by Crippen LogP contribution is 2.38. The molecule has 31 heavy (non-hydrogen) atoms. The Morgan fingerprint density at radius 3 is 2.26 bits per heavy atom. The maximum atomic E-state index is 12.2. The monoisotopic (exact) mass is 433 g/mol. The summed E-state index contributed by atoms with van der Waals surface area (Å²) in [6.07, 6.45) is 0.912. The molecule has 156 valence electrons. The minimum absolute atomic E-state index is 0.0401. The SMILES string of the molecule is CS(=O)(=O)NC(=O)c1cccc(-c2c(O)ccc3cc(-c4cccc(O)c4)ccc23)c1. The van der Waals surface area contributed by atoms with Crippen LogP contribution in [0.5, 0.6) is 11.5 Å². The maximum absolute atomic E-state index is 12.2. The average molecular weight is 433 g/mol. The summed E-state index contributed by atoms with van der Waals surface area (Å²) >= 11 is 0. The molecule has 0 atom stereocenters. The topological polar surface area (TPSA) is 104 Å². The number of hydrogen-bond acceptors (Lipinski definition) is 5. The molecular weight excluding hydrogens is 414 g/mol. The van der Waals surface area contributed by atoms with E-state index < -0.39 is 15.9 Å². The Labute approximate surface area is 179 Å². The molecule has 0 heterocycles. The summed E-state index contributed by atoms with van der Waals surface area (Å²) in [5, 5.41) is 22.0. The summed E-state index contributed by atoms with van der Waals surface area (Å²) in [6.45, 7) is 0. The summed E-state index contributed by atoms with van der Waals surface area (Å²) in [6, 6.07) is 22.4. The number of phenolic OH excluding ortho intramolecular Hbond substituents is 2. The highest BCUT2D eigenvalue weighted by molar-refractivity contribution is 7.89. The van der Waals surface area contributed by atoms with Crippen LogP contribution in [0.15, 0.2) is 78.9 Å². The smallest absolute Gasteiger partial charge is 0.264 e. The molecule has 6 nitrogen and oxygen atoms in total. The molecule has 0 aliphatic carbocycles. The number of rotatable bonds is 4. The van der Waals surface area contributed by atoms with Crippen LogP contribution in [0.4, 0.5) is 0 Å². The van der Waals surface area contributed by atoms with Gasteiger partial charge in [-0.1, -0.05) is 42.5 Å². The van der Waals surface area contributed by atoms with Gasteiger partial charge in [0.15, 0.2) is 0 Å². The number of hydrogen-bond donors (Lipinski definition) is 3. The Morgan fingerprint density at radius 1 is 0.806 bits per heavy atom. The molecule has 0 radical (unpaired) electrons. The number of amides is 1. The van der Waals surface area contributed by atoms with Crippen LogP contribution in [0, 0.1) is 0 Å². The van der Waals surface area contributed by atoms with Gasteiger partial charge in [0.1, 0.15) is 11.5 Å². The lowest BCUT2D eigenvalue weighted by Gasteiger charge is -2.12. The first-order valence-electron chi connectivity index (χ1n) is 9.39. The number of sulfonamides is 1. The molecule has 0 unspecified atom stereocenters. The van der Waals surface area contributed by atoms with Gasteiger partial charge in [-0.25, -0.2) is 13.1 Å². The third-order valence-electron chi connectivity index (χ3n) is 4.87. The van der Waals surface area contributed by atoms with Gasteiger partial charge in [-0.2, -0.15) is 0 Å². The third-order valence-corrected chi connectivity index (χ3v) is 5.43. The first-order valence-corrected chi connectivity index (χ1v) is 11.3. The number of carbonyl (C=O) groups is 1. The van der Waals surface area contributed by atoms with Crippen LogP contribution < -0.4 is 4.72 Å². The number of nitrogens with one attached hydrogen (secondary N) is 1. The fraction of sp³-hybridized carbons (Fsp3) is 0.0417. The number of phenols is 2. The third kappa shape index (κ3) is 4.36. The molecule has 1 amide bonds. The van der Waals surface area contributed by atoms with E-state index in [0.717, 1.165) is 28.2 Å². The van der Waals surface area contributed by atoms with E-state index in [0.29, 0.717) is 11.1 Å². The second-order valence-electron chi connectivity index (χ2n) is 7.23. The van der Waals surface area contributed by atoms with Gasteiger partial charge in [-0.15, -0.1) is 0 Å².